The Morgan fingerprint density at radius 2 is 1.53 bits per heavy atom. The van der Waals surface area contributed by atoms with Crippen LogP contribution in [0.25, 0.3) is 16.6 Å². The summed E-state index contributed by atoms with van der Waals surface area (Å²) in [6.07, 6.45) is 5.18. The van der Waals surface area contributed by atoms with Crippen molar-refractivity contribution in [3.8, 4) is 5.69 Å². The van der Waals surface area contributed by atoms with Crippen LogP contribution in [0.15, 0.2) is 41.2 Å². The minimum atomic E-state index is -1.79. The fourth-order valence-corrected chi connectivity index (χ4v) is 10.1. The maximum Gasteiger partial charge on any atom is 0.355 e. The highest BCUT2D eigenvalue weighted by Crippen LogP contribution is 2.41. The van der Waals surface area contributed by atoms with Gasteiger partial charge in [-0.2, -0.15) is 0 Å². The minimum Gasteiger partial charge on any atom is -0.463 e. The van der Waals surface area contributed by atoms with Crippen LogP contribution in [0.4, 0.5) is 0 Å². The number of carbonyl (C=O) groups is 4. The van der Waals surface area contributed by atoms with Gasteiger partial charge in [-0.15, -0.1) is 0 Å². The van der Waals surface area contributed by atoms with Crippen molar-refractivity contribution in [3.63, 3.8) is 0 Å². The topological polar surface area (TPSA) is 168 Å². The first-order valence-electron chi connectivity index (χ1n) is 19.7. The maximum atomic E-state index is 13.9. The zero-order chi connectivity index (χ0) is 40.0. The molecule has 0 saturated carbocycles. The largest absolute Gasteiger partial charge is 0.463 e. The van der Waals surface area contributed by atoms with E-state index in [1.165, 1.54) is 12.2 Å². The maximum absolute atomic E-state index is 13.9. The SMILES string of the molecule is CCC1(OC(=O)CCCC(=O)OCCOCCOCCOCCOC(=O)CCCCC2CCSS2)C(=O)OCc2c1cc1n(c2=O)-c2cc3ccccc3nc2C1. The number of rotatable bonds is 23. The minimum absolute atomic E-state index is 0.0366. The van der Waals surface area contributed by atoms with Crippen LogP contribution in [0, 0.1) is 0 Å². The van der Waals surface area contributed by atoms with Crippen molar-refractivity contribution in [1.82, 2.24) is 9.55 Å². The summed E-state index contributed by atoms with van der Waals surface area (Å²) in [4.78, 5) is 69.1. The number of hydrogen-bond donors (Lipinski definition) is 0. The number of nitrogens with zero attached hydrogens (tertiary/aromatic N) is 2. The van der Waals surface area contributed by atoms with Crippen molar-refractivity contribution >= 4 is 56.4 Å². The third kappa shape index (κ3) is 11.2. The molecule has 5 heterocycles. The van der Waals surface area contributed by atoms with E-state index in [0.717, 1.165) is 41.1 Å². The average Bonchev–Trinajstić information content (AvgIpc) is 3.86. The molecule has 0 N–H and O–H groups in total. The van der Waals surface area contributed by atoms with Crippen molar-refractivity contribution in [2.45, 2.75) is 88.6 Å². The molecule has 2 unspecified atom stereocenters. The van der Waals surface area contributed by atoms with Crippen molar-refractivity contribution in [2.24, 2.45) is 0 Å². The third-order valence-electron chi connectivity index (χ3n) is 10.0. The van der Waals surface area contributed by atoms with E-state index in [0.29, 0.717) is 62.8 Å². The Morgan fingerprint density at radius 1 is 0.860 bits per heavy atom. The number of cyclic esters (lactones) is 1. The summed E-state index contributed by atoms with van der Waals surface area (Å²) in [7, 11) is 3.90. The van der Waals surface area contributed by atoms with Gasteiger partial charge in [-0.05, 0) is 50.3 Å². The Labute approximate surface area is 339 Å². The molecule has 0 aliphatic carbocycles. The molecular formula is C41H50N2O12S2. The summed E-state index contributed by atoms with van der Waals surface area (Å²) in [5.41, 5.74) is 1.33. The second kappa shape index (κ2) is 21.2. The Bertz CT molecular complexity index is 1950. The summed E-state index contributed by atoms with van der Waals surface area (Å²) in [5.74, 6) is -0.893. The molecule has 1 fully saturated rings. The molecule has 0 amide bonds. The van der Waals surface area contributed by atoms with Crippen LogP contribution in [0.2, 0.25) is 0 Å². The van der Waals surface area contributed by atoms with E-state index in [1.807, 2.05) is 51.9 Å². The van der Waals surface area contributed by atoms with Gasteiger partial charge in [-0.3, -0.25) is 28.7 Å². The molecule has 0 bridgehead atoms. The number of unbranched alkanes of at least 4 members (excludes halogenated alkanes) is 1. The monoisotopic (exact) mass is 826 g/mol. The molecule has 3 aliphatic rings. The summed E-state index contributed by atoms with van der Waals surface area (Å²) >= 11 is 0. The molecular weight excluding hydrogens is 777 g/mol. The number of carbonyl (C=O) groups excluding carboxylic acids is 4. The van der Waals surface area contributed by atoms with Crippen LogP contribution in [0.3, 0.4) is 0 Å². The van der Waals surface area contributed by atoms with Gasteiger partial charge in [0.15, 0.2) is 0 Å². The normalized spacial score (nSPS) is 18.1. The smallest absolute Gasteiger partial charge is 0.355 e. The van der Waals surface area contributed by atoms with E-state index in [1.54, 1.807) is 17.6 Å². The molecule has 1 aromatic carbocycles. The average molecular weight is 827 g/mol. The first-order valence-corrected chi connectivity index (χ1v) is 22.1. The van der Waals surface area contributed by atoms with Crippen LogP contribution in [0.5, 0.6) is 0 Å². The van der Waals surface area contributed by atoms with Crippen molar-refractivity contribution in [2.75, 3.05) is 58.6 Å². The van der Waals surface area contributed by atoms with Crippen molar-refractivity contribution in [1.29, 1.82) is 0 Å². The van der Waals surface area contributed by atoms with Crippen LogP contribution < -0.4 is 5.56 Å². The fraction of sp³-hybridized carbons (Fsp3) is 0.561. The highest BCUT2D eigenvalue weighted by Gasteiger charge is 2.50. The Kier molecular flexibility index (Phi) is 15.8. The third-order valence-corrected chi connectivity index (χ3v) is 13.0. The number of pyridine rings is 2. The first-order chi connectivity index (χ1) is 27.8. The predicted molar refractivity (Wildman–Crippen MR) is 213 cm³/mol. The number of para-hydroxylation sites is 1. The van der Waals surface area contributed by atoms with Gasteiger partial charge in [0.25, 0.3) is 5.56 Å². The fourth-order valence-electron chi connectivity index (χ4n) is 7.04. The molecule has 3 aliphatic heterocycles. The van der Waals surface area contributed by atoms with Crippen LogP contribution in [-0.4, -0.2) is 97.3 Å². The lowest BCUT2D eigenvalue weighted by Crippen LogP contribution is -2.47. The standard InChI is InChI=1S/C41H50N2O12S2/c1-2-41(32-25-29-26-34-35(24-28-8-3-5-10-33(28)42-34)43(29)39(47)31(32)27-54-40(41)48)55-38(46)13-7-12-37(45)53-22-20-51-18-16-49-15-17-50-19-21-52-36(44)11-6-4-9-30-14-23-56-57-30/h3,5,8,10,24-25,30H,2,4,6-7,9,11-23,26-27H2,1H3. The zero-order valence-corrected chi connectivity index (χ0v) is 33.9. The highest BCUT2D eigenvalue weighted by atomic mass is 33.1. The molecule has 6 rings (SSSR count). The van der Waals surface area contributed by atoms with Gasteiger partial charge in [-0.25, -0.2) is 4.79 Å². The van der Waals surface area contributed by atoms with Gasteiger partial charge in [0.05, 0.1) is 62.1 Å². The summed E-state index contributed by atoms with van der Waals surface area (Å²) < 4.78 is 39.6. The number of benzene rings is 1. The number of ether oxygens (including phenoxy) is 7. The van der Waals surface area contributed by atoms with Crippen LogP contribution >= 0.6 is 21.6 Å². The van der Waals surface area contributed by atoms with Gasteiger partial charge in [0, 0.05) is 53.3 Å². The van der Waals surface area contributed by atoms with E-state index in [9.17, 15) is 24.0 Å². The number of esters is 4. The van der Waals surface area contributed by atoms with Gasteiger partial charge in [0.1, 0.15) is 19.8 Å². The first kappa shape index (κ1) is 42.6. The molecule has 1 saturated heterocycles. The molecule has 0 radical (unpaired) electrons. The summed E-state index contributed by atoms with van der Waals surface area (Å²) in [6.45, 7) is 3.59. The molecule has 57 heavy (non-hydrogen) atoms. The van der Waals surface area contributed by atoms with E-state index in [4.69, 9.17) is 38.1 Å². The van der Waals surface area contributed by atoms with E-state index >= 15 is 0 Å². The van der Waals surface area contributed by atoms with Crippen LogP contribution in [0.1, 0.15) is 87.2 Å². The Balaban J connectivity index is 0.820. The lowest BCUT2D eigenvalue weighted by atomic mass is 9.85. The number of aromatic nitrogens is 2. The van der Waals surface area contributed by atoms with Gasteiger partial charge in [0.2, 0.25) is 5.60 Å². The van der Waals surface area contributed by atoms with Gasteiger partial charge < -0.3 is 33.2 Å². The zero-order valence-electron chi connectivity index (χ0n) is 32.3. The second-order valence-corrected chi connectivity index (χ2v) is 16.7. The molecule has 14 nitrogen and oxygen atoms in total. The predicted octanol–water partition coefficient (Wildman–Crippen LogP) is 5.52. The lowest BCUT2D eigenvalue weighted by Gasteiger charge is -2.35. The summed E-state index contributed by atoms with van der Waals surface area (Å²) in [6, 6.07) is 11.3. The van der Waals surface area contributed by atoms with E-state index in [-0.39, 0.29) is 69.2 Å². The second-order valence-electron chi connectivity index (χ2n) is 13.9. The number of fused-ring (bicyclic) bond motifs is 5. The van der Waals surface area contributed by atoms with E-state index in [2.05, 4.69) is 0 Å². The molecule has 16 heteroatoms. The van der Waals surface area contributed by atoms with E-state index < -0.39 is 23.5 Å². The van der Waals surface area contributed by atoms with Gasteiger partial charge >= 0.3 is 23.9 Å². The van der Waals surface area contributed by atoms with Gasteiger partial charge in [-0.1, -0.05) is 53.1 Å². The summed E-state index contributed by atoms with van der Waals surface area (Å²) in [5, 5.41) is 1.63. The molecule has 2 atom stereocenters. The highest BCUT2D eigenvalue weighted by molar-refractivity contribution is 8.77. The quantitative estimate of drug-likeness (QED) is 0.0397. The lowest BCUT2D eigenvalue weighted by molar-refractivity contribution is -0.189. The van der Waals surface area contributed by atoms with Crippen LogP contribution in [-0.2, 0) is 71.0 Å². The molecule has 0 spiro atoms. The Hall–Kier alpha value is -3.96. The Morgan fingerprint density at radius 3 is 2.21 bits per heavy atom. The van der Waals surface area contributed by atoms with Crippen molar-refractivity contribution < 1.29 is 52.3 Å². The number of hydrogen-bond acceptors (Lipinski definition) is 15. The molecule has 2 aromatic heterocycles. The molecule has 308 valence electrons. The molecule has 3 aromatic rings. The van der Waals surface area contributed by atoms with Crippen molar-refractivity contribution in [3.05, 3.63) is 69.3 Å².